The summed E-state index contributed by atoms with van der Waals surface area (Å²) in [6.07, 6.45) is 5.70. The number of nitrogens with zero attached hydrogens (tertiary/aromatic N) is 3. The SMILES string of the molecule is CC1(C#N)CCN([C@H]2CCC[C@H]2Oc2ccc3c(c2)CN(C2CCC(=O)NC2=O)C3=O)CC1. The van der Waals surface area contributed by atoms with Gasteiger partial charge in [-0.05, 0) is 69.2 Å². The lowest BCUT2D eigenvalue weighted by Crippen LogP contribution is -2.52. The minimum absolute atomic E-state index is 0.0952. The van der Waals surface area contributed by atoms with Crippen LogP contribution < -0.4 is 10.1 Å². The number of hydrogen-bond donors (Lipinski definition) is 1. The van der Waals surface area contributed by atoms with E-state index in [1.165, 1.54) is 0 Å². The maximum atomic E-state index is 12.9. The smallest absolute Gasteiger partial charge is 0.255 e. The van der Waals surface area contributed by atoms with Gasteiger partial charge in [0.2, 0.25) is 11.8 Å². The number of piperidine rings is 2. The first-order valence-corrected chi connectivity index (χ1v) is 12.0. The molecule has 8 nitrogen and oxygen atoms in total. The number of imide groups is 1. The van der Waals surface area contributed by atoms with Crippen LogP contribution in [0.2, 0.25) is 0 Å². The molecule has 0 aromatic heterocycles. The van der Waals surface area contributed by atoms with Crippen molar-refractivity contribution in [2.75, 3.05) is 13.1 Å². The zero-order valence-corrected chi connectivity index (χ0v) is 19.0. The molecule has 3 atom stereocenters. The van der Waals surface area contributed by atoms with Crippen LogP contribution in [0.3, 0.4) is 0 Å². The van der Waals surface area contributed by atoms with E-state index >= 15 is 0 Å². The first kappa shape index (κ1) is 21.9. The molecule has 33 heavy (non-hydrogen) atoms. The molecule has 3 fully saturated rings. The van der Waals surface area contributed by atoms with Gasteiger partial charge in [-0.15, -0.1) is 0 Å². The van der Waals surface area contributed by atoms with Crippen molar-refractivity contribution in [2.45, 2.75) is 76.6 Å². The summed E-state index contributed by atoms with van der Waals surface area (Å²) in [7, 11) is 0. The minimum atomic E-state index is -0.607. The predicted octanol–water partition coefficient (Wildman–Crippen LogP) is 2.37. The van der Waals surface area contributed by atoms with Crippen LogP contribution in [-0.4, -0.2) is 58.8 Å². The topological polar surface area (TPSA) is 103 Å². The summed E-state index contributed by atoms with van der Waals surface area (Å²) in [5.74, 6) is -0.0963. The highest BCUT2D eigenvalue weighted by molar-refractivity contribution is 6.05. The second kappa shape index (κ2) is 8.45. The van der Waals surface area contributed by atoms with Gasteiger partial charge in [0.15, 0.2) is 0 Å². The molecule has 1 unspecified atom stereocenters. The summed E-state index contributed by atoms with van der Waals surface area (Å²) < 4.78 is 6.44. The van der Waals surface area contributed by atoms with Crippen molar-refractivity contribution < 1.29 is 19.1 Å². The monoisotopic (exact) mass is 450 g/mol. The van der Waals surface area contributed by atoms with E-state index in [-0.39, 0.29) is 29.8 Å². The van der Waals surface area contributed by atoms with Crippen LogP contribution in [0.4, 0.5) is 0 Å². The lowest BCUT2D eigenvalue weighted by atomic mass is 9.81. The Morgan fingerprint density at radius 3 is 2.67 bits per heavy atom. The number of nitriles is 1. The van der Waals surface area contributed by atoms with Crippen LogP contribution in [0.25, 0.3) is 0 Å². The molecule has 2 saturated heterocycles. The summed E-state index contributed by atoms with van der Waals surface area (Å²) in [5.41, 5.74) is 1.24. The van der Waals surface area contributed by atoms with Gasteiger partial charge in [-0.25, -0.2) is 0 Å². The molecule has 5 rings (SSSR count). The summed E-state index contributed by atoms with van der Waals surface area (Å²) in [6, 6.07) is 7.79. The minimum Gasteiger partial charge on any atom is -0.489 e. The first-order valence-electron chi connectivity index (χ1n) is 12.0. The van der Waals surface area contributed by atoms with Gasteiger partial charge in [0.25, 0.3) is 5.91 Å². The second-order valence-electron chi connectivity index (χ2n) is 10.1. The number of carbonyl (C=O) groups is 3. The Kier molecular flexibility index (Phi) is 5.61. The second-order valence-corrected chi connectivity index (χ2v) is 10.1. The highest BCUT2D eigenvalue weighted by atomic mass is 16.5. The third-order valence-electron chi connectivity index (χ3n) is 7.84. The summed E-state index contributed by atoms with van der Waals surface area (Å²) in [6.45, 7) is 4.25. The zero-order chi connectivity index (χ0) is 23.2. The fourth-order valence-electron chi connectivity index (χ4n) is 5.72. The number of rotatable bonds is 4. The van der Waals surface area contributed by atoms with E-state index < -0.39 is 11.9 Å². The average Bonchev–Trinajstić information content (AvgIpc) is 3.39. The summed E-state index contributed by atoms with van der Waals surface area (Å²) in [5, 5.41) is 11.8. The first-order chi connectivity index (χ1) is 15.9. The number of amides is 3. The number of ether oxygens (including phenoxy) is 1. The number of benzene rings is 1. The summed E-state index contributed by atoms with van der Waals surface area (Å²) >= 11 is 0. The maximum Gasteiger partial charge on any atom is 0.255 e. The van der Waals surface area contributed by atoms with Gasteiger partial charge in [0.05, 0.1) is 11.5 Å². The van der Waals surface area contributed by atoms with E-state index in [1.54, 1.807) is 11.0 Å². The van der Waals surface area contributed by atoms with Crippen molar-refractivity contribution in [3.63, 3.8) is 0 Å². The van der Waals surface area contributed by atoms with Crippen LogP contribution >= 0.6 is 0 Å². The molecule has 1 saturated carbocycles. The Balaban J connectivity index is 1.25. The van der Waals surface area contributed by atoms with E-state index in [4.69, 9.17) is 4.74 Å². The van der Waals surface area contributed by atoms with Gasteiger partial charge >= 0.3 is 0 Å². The molecule has 1 aromatic rings. The van der Waals surface area contributed by atoms with Crippen LogP contribution in [-0.2, 0) is 16.1 Å². The third kappa shape index (κ3) is 4.10. The van der Waals surface area contributed by atoms with Gasteiger partial charge in [-0.1, -0.05) is 0 Å². The Hall–Kier alpha value is -2.92. The van der Waals surface area contributed by atoms with Gasteiger partial charge in [-0.3, -0.25) is 24.6 Å². The van der Waals surface area contributed by atoms with E-state index in [0.29, 0.717) is 24.6 Å². The lowest BCUT2D eigenvalue weighted by Gasteiger charge is -2.40. The number of nitrogens with one attached hydrogen (secondary N) is 1. The highest BCUT2D eigenvalue weighted by Crippen LogP contribution is 2.36. The standard InChI is InChI=1S/C25H30N4O4/c1-25(15-26)9-11-28(12-10-25)19-3-2-4-21(19)33-17-5-6-18-16(13-17)14-29(24(18)32)20-7-8-22(30)27-23(20)31/h5-6,13,19-21H,2-4,7-12,14H2,1H3,(H,27,30,31)/t19-,20?,21+/m0/s1. The predicted molar refractivity (Wildman–Crippen MR) is 119 cm³/mol. The molecule has 1 N–H and O–H groups in total. The average molecular weight is 451 g/mol. The van der Waals surface area contributed by atoms with Gasteiger partial charge in [0.1, 0.15) is 17.9 Å². The maximum absolute atomic E-state index is 12.9. The number of carbonyl (C=O) groups excluding carboxylic acids is 3. The van der Waals surface area contributed by atoms with Crippen molar-refractivity contribution in [3.05, 3.63) is 29.3 Å². The molecule has 174 valence electrons. The van der Waals surface area contributed by atoms with Gasteiger partial charge < -0.3 is 9.64 Å². The molecule has 0 radical (unpaired) electrons. The van der Waals surface area contributed by atoms with Gasteiger partial charge in [-0.2, -0.15) is 5.26 Å². The number of fused-ring (bicyclic) bond motifs is 1. The van der Waals surface area contributed by atoms with Crippen LogP contribution in [0.1, 0.15) is 67.8 Å². The Labute approximate surface area is 193 Å². The molecule has 8 heteroatoms. The normalized spacial score (nSPS) is 29.5. The van der Waals surface area contributed by atoms with Crippen LogP contribution in [0.5, 0.6) is 5.75 Å². The van der Waals surface area contributed by atoms with E-state index in [9.17, 15) is 19.6 Å². The molecule has 3 amide bonds. The summed E-state index contributed by atoms with van der Waals surface area (Å²) in [4.78, 5) is 40.7. The van der Waals surface area contributed by atoms with Crippen LogP contribution in [0, 0.1) is 16.7 Å². The lowest BCUT2D eigenvalue weighted by molar-refractivity contribution is -0.136. The largest absolute Gasteiger partial charge is 0.489 e. The van der Waals surface area contributed by atoms with E-state index in [2.05, 4.69) is 23.2 Å². The Bertz CT molecular complexity index is 1020. The van der Waals surface area contributed by atoms with Crippen LogP contribution in [0.15, 0.2) is 18.2 Å². The zero-order valence-electron chi connectivity index (χ0n) is 19.0. The Morgan fingerprint density at radius 1 is 1.15 bits per heavy atom. The number of likely N-dealkylation sites (tertiary alicyclic amines) is 1. The molecule has 3 aliphatic heterocycles. The van der Waals surface area contributed by atoms with Crippen molar-refractivity contribution in [1.82, 2.24) is 15.1 Å². The van der Waals surface area contributed by atoms with Gasteiger partial charge in [0, 0.05) is 37.7 Å². The number of hydrogen-bond acceptors (Lipinski definition) is 6. The molecule has 3 heterocycles. The molecule has 1 aromatic carbocycles. The Morgan fingerprint density at radius 2 is 1.94 bits per heavy atom. The fraction of sp³-hybridized carbons (Fsp3) is 0.600. The van der Waals surface area contributed by atoms with Crippen molar-refractivity contribution in [3.8, 4) is 11.8 Å². The third-order valence-corrected chi connectivity index (χ3v) is 7.84. The van der Waals surface area contributed by atoms with Crippen molar-refractivity contribution in [1.29, 1.82) is 5.26 Å². The molecule has 1 aliphatic carbocycles. The van der Waals surface area contributed by atoms with Crippen molar-refractivity contribution >= 4 is 17.7 Å². The fourth-order valence-corrected chi connectivity index (χ4v) is 5.72. The molecular formula is C25H30N4O4. The quantitative estimate of drug-likeness (QED) is 0.707. The molecule has 0 spiro atoms. The van der Waals surface area contributed by atoms with E-state index in [0.717, 1.165) is 56.5 Å². The van der Waals surface area contributed by atoms with E-state index in [1.807, 2.05) is 12.1 Å². The highest BCUT2D eigenvalue weighted by Gasteiger charge is 2.41. The van der Waals surface area contributed by atoms with Crippen molar-refractivity contribution in [2.24, 2.45) is 5.41 Å². The molecule has 0 bridgehead atoms. The molecule has 4 aliphatic rings. The molecular weight excluding hydrogens is 420 g/mol.